The lowest BCUT2D eigenvalue weighted by molar-refractivity contribution is -0.140. The van der Waals surface area contributed by atoms with Crippen LogP contribution >= 0.6 is 0 Å². The summed E-state index contributed by atoms with van der Waals surface area (Å²) in [4.78, 5) is 33.6. The molecule has 0 saturated carbocycles. The molecule has 1 saturated heterocycles. The molecule has 1 fully saturated rings. The van der Waals surface area contributed by atoms with Gasteiger partial charge in [0.1, 0.15) is 5.76 Å². The number of hydrogen-bond donors (Lipinski definition) is 2. The number of fused-ring (bicyclic) bond motifs is 2. The molecule has 2 N–H and O–H groups in total. The van der Waals surface area contributed by atoms with E-state index in [9.17, 15) is 14.7 Å². The highest BCUT2D eigenvalue weighted by Gasteiger charge is 2.47. The molecule has 0 spiro atoms. The molecule has 1 atom stereocenters. The number of nitrogens with zero attached hydrogens (tertiary/aromatic N) is 2. The maximum atomic E-state index is 13.4. The number of rotatable bonds is 5. The molecule has 6 heteroatoms. The van der Waals surface area contributed by atoms with E-state index in [2.05, 4.69) is 11.1 Å². The van der Waals surface area contributed by atoms with E-state index in [1.165, 1.54) is 17.5 Å². The van der Waals surface area contributed by atoms with Crippen molar-refractivity contribution in [2.45, 2.75) is 38.6 Å². The molecule has 1 aliphatic heterocycles. The highest BCUT2D eigenvalue weighted by atomic mass is 16.3. The molecule has 0 bridgehead atoms. The summed E-state index contributed by atoms with van der Waals surface area (Å²) in [6.45, 7) is 2.96. The van der Waals surface area contributed by atoms with Gasteiger partial charge in [-0.1, -0.05) is 30.3 Å². The van der Waals surface area contributed by atoms with Gasteiger partial charge < -0.3 is 19.9 Å². The summed E-state index contributed by atoms with van der Waals surface area (Å²) in [7, 11) is 3.88. The molecule has 2 aliphatic rings. The highest BCUT2D eigenvalue weighted by Crippen LogP contribution is 2.43. The summed E-state index contributed by atoms with van der Waals surface area (Å²) in [6.07, 6.45) is 4.31. The number of carbonyl (C=O) groups is 2. The van der Waals surface area contributed by atoms with Gasteiger partial charge in [0.25, 0.3) is 11.7 Å². The van der Waals surface area contributed by atoms with E-state index in [4.69, 9.17) is 0 Å². The molecule has 34 heavy (non-hydrogen) atoms. The van der Waals surface area contributed by atoms with Crippen LogP contribution in [0.4, 0.5) is 0 Å². The first-order chi connectivity index (χ1) is 16.4. The Kier molecular flexibility index (Phi) is 5.78. The SMILES string of the molecule is Cc1[nH]c2ccccc2c1C1/C(=C(\O)c2ccc3c(c2)CCCC3)C(=O)C(=O)N1CCN(C)C. The van der Waals surface area contributed by atoms with Gasteiger partial charge in [-0.05, 0) is 70.0 Å². The quantitative estimate of drug-likeness (QED) is 0.340. The second-order valence-corrected chi connectivity index (χ2v) is 9.70. The van der Waals surface area contributed by atoms with E-state index >= 15 is 0 Å². The van der Waals surface area contributed by atoms with E-state index < -0.39 is 17.7 Å². The largest absolute Gasteiger partial charge is 0.507 e. The predicted molar refractivity (Wildman–Crippen MR) is 134 cm³/mol. The number of aromatic amines is 1. The Bertz CT molecular complexity index is 1320. The van der Waals surface area contributed by atoms with E-state index in [-0.39, 0.29) is 11.3 Å². The molecule has 2 aromatic carbocycles. The third-order valence-corrected chi connectivity index (χ3v) is 7.17. The number of likely N-dealkylation sites (tertiary alicyclic amines) is 1. The van der Waals surface area contributed by atoms with Crippen molar-refractivity contribution in [1.82, 2.24) is 14.8 Å². The van der Waals surface area contributed by atoms with Gasteiger partial charge in [0.05, 0.1) is 11.6 Å². The lowest BCUT2D eigenvalue weighted by Gasteiger charge is -2.27. The van der Waals surface area contributed by atoms with E-state index in [0.717, 1.165) is 41.4 Å². The van der Waals surface area contributed by atoms with Gasteiger partial charge in [-0.15, -0.1) is 0 Å². The van der Waals surface area contributed by atoms with Crippen LogP contribution in [0.1, 0.15) is 46.8 Å². The summed E-state index contributed by atoms with van der Waals surface area (Å²) in [5, 5.41) is 12.5. The molecule has 6 nitrogen and oxygen atoms in total. The van der Waals surface area contributed by atoms with Gasteiger partial charge in [0, 0.05) is 40.8 Å². The van der Waals surface area contributed by atoms with Crippen molar-refractivity contribution in [3.63, 3.8) is 0 Å². The minimum Gasteiger partial charge on any atom is -0.507 e. The van der Waals surface area contributed by atoms with E-state index in [1.807, 2.05) is 62.3 Å². The average Bonchev–Trinajstić information content (AvgIpc) is 3.29. The van der Waals surface area contributed by atoms with Gasteiger partial charge >= 0.3 is 0 Å². The fraction of sp³-hybridized carbons (Fsp3) is 0.357. The number of aryl methyl sites for hydroxylation is 3. The number of hydrogen-bond acceptors (Lipinski definition) is 4. The summed E-state index contributed by atoms with van der Waals surface area (Å²) in [6, 6.07) is 13.2. The number of aliphatic hydroxyl groups is 1. The molecule has 3 aromatic rings. The van der Waals surface area contributed by atoms with Gasteiger partial charge in [0.15, 0.2) is 0 Å². The first kappa shape index (κ1) is 22.4. The fourth-order valence-corrected chi connectivity index (χ4v) is 5.41. The maximum Gasteiger partial charge on any atom is 0.295 e. The topological polar surface area (TPSA) is 76.6 Å². The summed E-state index contributed by atoms with van der Waals surface area (Å²) in [5.74, 6) is -1.27. The number of ketones is 1. The molecule has 5 rings (SSSR count). The minimum absolute atomic E-state index is 0.0891. The van der Waals surface area contributed by atoms with Crippen LogP contribution in [-0.4, -0.2) is 58.8 Å². The van der Waals surface area contributed by atoms with E-state index in [1.54, 1.807) is 4.90 Å². The zero-order chi connectivity index (χ0) is 24.0. The molecule has 0 radical (unpaired) electrons. The van der Waals surface area contributed by atoms with Crippen LogP contribution in [0, 0.1) is 6.92 Å². The average molecular weight is 458 g/mol. The summed E-state index contributed by atoms with van der Waals surface area (Å²) < 4.78 is 0. The van der Waals surface area contributed by atoms with Crippen LogP contribution in [0.25, 0.3) is 16.7 Å². The van der Waals surface area contributed by atoms with Crippen LogP contribution in [-0.2, 0) is 22.4 Å². The number of amides is 1. The van der Waals surface area contributed by atoms with Crippen molar-refractivity contribution in [2.24, 2.45) is 0 Å². The van der Waals surface area contributed by atoms with Gasteiger partial charge in [-0.2, -0.15) is 0 Å². The van der Waals surface area contributed by atoms with Crippen molar-refractivity contribution >= 4 is 28.4 Å². The number of nitrogens with one attached hydrogen (secondary N) is 1. The zero-order valence-corrected chi connectivity index (χ0v) is 20.0. The van der Waals surface area contributed by atoms with Crippen LogP contribution in [0.15, 0.2) is 48.0 Å². The number of H-pyrrole nitrogens is 1. The Balaban J connectivity index is 1.70. The highest BCUT2D eigenvalue weighted by molar-refractivity contribution is 6.46. The molecular weight excluding hydrogens is 426 g/mol. The summed E-state index contributed by atoms with van der Waals surface area (Å²) in [5.41, 5.74) is 6.01. The van der Waals surface area contributed by atoms with Crippen molar-refractivity contribution in [2.75, 3.05) is 27.2 Å². The Morgan fingerprint density at radius 2 is 1.82 bits per heavy atom. The molecule has 1 amide bonds. The number of aromatic nitrogens is 1. The number of carbonyl (C=O) groups excluding carboxylic acids is 2. The van der Waals surface area contributed by atoms with Crippen molar-refractivity contribution in [3.05, 3.63) is 76.0 Å². The summed E-state index contributed by atoms with van der Waals surface area (Å²) >= 11 is 0. The van der Waals surface area contributed by atoms with Gasteiger partial charge in [-0.25, -0.2) is 0 Å². The fourth-order valence-electron chi connectivity index (χ4n) is 5.41. The first-order valence-corrected chi connectivity index (χ1v) is 12.0. The molecule has 1 unspecified atom stereocenters. The monoisotopic (exact) mass is 457 g/mol. The van der Waals surface area contributed by atoms with Crippen LogP contribution in [0.5, 0.6) is 0 Å². The second-order valence-electron chi connectivity index (χ2n) is 9.70. The van der Waals surface area contributed by atoms with Crippen LogP contribution < -0.4 is 0 Å². The lowest BCUT2D eigenvalue weighted by atomic mass is 9.88. The predicted octanol–water partition coefficient (Wildman–Crippen LogP) is 4.34. The third kappa shape index (κ3) is 3.72. The molecule has 2 heterocycles. The molecular formula is C28H31N3O3. The number of Topliss-reactive ketones (excluding diaryl/α,β-unsaturated/α-hetero) is 1. The van der Waals surface area contributed by atoms with Gasteiger partial charge in [0.2, 0.25) is 0 Å². The number of para-hydroxylation sites is 1. The number of aliphatic hydroxyl groups excluding tert-OH is 1. The molecule has 1 aliphatic carbocycles. The van der Waals surface area contributed by atoms with E-state index in [0.29, 0.717) is 18.7 Å². The zero-order valence-electron chi connectivity index (χ0n) is 20.0. The Hall–Kier alpha value is -3.38. The Morgan fingerprint density at radius 3 is 2.59 bits per heavy atom. The Labute approximate surface area is 199 Å². The van der Waals surface area contributed by atoms with Crippen molar-refractivity contribution < 1.29 is 14.7 Å². The first-order valence-electron chi connectivity index (χ1n) is 12.0. The Morgan fingerprint density at radius 1 is 1.09 bits per heavy atom. The van der Waals surface area contributed by atoms with Crippen LogP contribution in [0.2, 0.25) is 0 Å². The van der Waals surface area contributed by atoms with Crippen molar-refractivity contribution in [1.29, 1.82) is 0 Å². The van der Waals surface area contributed by atoms with Crippen LogP contribution in [0.3, 0.4) is 0 Å². The minimum atomic E-state index is -0.646. The lowest BCUT2D eigenvalue weighted by Crippen LogP contribution is -2.35. The number of benzene rings is 2. The van der Waals surface area contributed by atoms with Crippen molar-refractivity contribution in [3.8, 4) is 0 Å². The standard InChI is InChI=1S/C28H31N3O3/c1-17-23(21-10-6-7-11-22(21)29-17)25-24(27(33)28(34)31(25)15-14-30(2)3)26(32)20-13-12-18-8-4-5-9-19(18)16-20/h6-7,10-13,16,25,29,32H,4-5,8-9,14-15H2,1-3H3/b26-24+. The smallest absolute Gasteiger partial charge is 0.295 e. The third-order valence-electron chi connectivity index (χ3n) is 7.17. The van der Waals surface area contributed by atoms with Gasteiger partial charge in [-0.3, -0.25) is 9.59 Å². The normalized spacial score (nSPS) is 19.9. The maximum absolute atomic E-state index is 13.4. The molecule has 1 aromatic heterocycles. The number of likely N-dealkylation sites (N-methyl/N-ethyl adjacent to an activating group) is 1. The second kappa shape index (κ2) is 8.76. The molecule has 176 valence electrons.